The summed E-state index contributed by atoms with van der Waals surface area (Å²) in [4.78, 5) is 3.19. The molecular formula is C18H21N5OS. The average Bonchev–Trinajstić information content (AvgIpc) is 3.21. The summed E-state index contributed by atoms with van der Waals surface area (Å²) in [5.41, 5.74) is 1.03. The maximum atomic E-state index is 5.62. The van der Waals surface area contributed by atoms with Crippen LogP contribution in [0.2, 0.25) is 0 Å². The molecule has 4 rings (SSSR count). The molecule has 1 atom stereocenters. The molecule has 1 fully saturated rings. The molecule has 3 heterocycles. The standard InChI is InChI=1S/C18H21N5OS/c1-3-10-24-15-8-4-6-13(11-15)17-21-23-16(19-20-18(23)25-17)14-7-5-9-22(2)12-14/h3-4,6,8,11,14H,1,5,7,9-10,12H2,2H3. The lowest BCUT2D eigenvalue weighted by atomic mass is 9.98. The lowest BCUT2D eigenvalue weighted by Crippen LogP contribution is -2.31. The number of rotatable bonds is 5. The maximum absolute atomic E-state index is 5.62. The Morgan fingerprint density at radius 3 is 3.16 bits per heavy atom. The van der Waals surface area contributed by atoms with Crippen LogP contribution in [0.5, 0.6) is 5.75 Å². The fraction of sp³-hybridized carbons (Fsp3) is 0.389. The minimum atomic E-state index is 0.394. The Morgan fingerprint density at radius 2 is 2.32 bits per heavy atom. The number of hydrogen-bond donors (Lipinski definition) is 0. The first-order valence-corrected chi connectivity index (χ1v) is 9.31. The summed E-state index contributed by atoms with van der Waals surface area (Å²) in [7, 11) is 2.16. The van der Waals surface area contributed by atoms with Gasteiger partial charge in [0.25, 0.3) is 0 Å². The van der Waals surface area contributed by atoms with Crippen molar-refractivity contribution in [2.75, 3.05) is 26.7 Å². The quantitative estimate of drug-likeness (QED) is 0.658. The van der Waals surface area contributed by atoms with Crippen molar-refractivity contribution >= 4 is 16.3 Å². The van der Waals surface area contributed by atoms with Crippen molar-refractivity contribution in [3.8, 4) is 16.3 Å². The normalized spacial score (nSPS) is 18.5. The van der Waals surface area contributed by atoms with Crippen LogP contribution in [0.15, 0.2) is 36.9 Å². The minimum absolute atomic E-state index is 0.394. The van der Waals surface area contributed by atoms with Crippen LogP contribution in [0, 0.1) is 0 Å². The molecule has 25 heavy (non-hydrogen) atoms. The fourth-order valence-corrected chi connectivity index (χ4v) is 4.10. The van der Waals surface area contributed by atoms with Gasteiger partial charge in [-0.25, -0.2) is 0 Å². The summed E-state index contributed by atoms with van der Waals surface area (Å²) in [6.07, 6.45) is 4.07. The summed E-state index contributed by atoms with van der Waals surface area (Å²) in [6, 6.07) is 7.97. The highest BCUT2D eigenvalue weighted by atomic mass is 32.1. The second kappa shape index (κ2) is 6.93. The van der Waals surface area contributed by atoms with Gasteiger partial charge < -0.3 is 9.64 Å². The van der Waals surface area contributed by atoms with Crippen LogP contribution in [0.25, 0.3) is 15.5 Å². The third-order valence-corrected chi connectivity index (χ3v) is 5.40. The summed E-state index contributed by atoms with van der Waals surface area (Å²) in [6.45, 7) is 6.34. The van der Waals surface area contributed by atoms with Gasteiger partial charge in [0.1, 0.15) is 17.4 Å². The minimum Gasteiger partial charge on any atom is -0.490 e. The largest absolute Gasteiger partial charge is 0.490 e. The molecule has 0 saturated carbocycles. The molecule has 2 aromatic heterocycles. The Labute approximate surface area is 150 Å². The van der Waals surface area contributed by atoms with Crippen LogP contribution < -0.4 is 4.74 Å². The highest BCUT2D eigenvalue weighted by molar-refractivity contribution is 7.19. The van der Waals surface area contributed by atoms with Gasteiger partial charge in [0.05, 0.1) is 0 Å². The summed E-state index contributed by atoms with van der Waals surface area (Å²) < 4.78 is 7.54. The summed E-state index contributed by atoms with van der Waals surface area (Å²) >= 11 is 1.56. The highest BCUT2D eigenvalue weighted by Gasteiger charge is 2.25. The van der Waals surface area contributed by atoms with Crippen LogP contribution in [-0.2, 0) is 0 Å². The van der Waals surface area contributed by atoms with Crippen molar-refractivity contribution in [2.24, 2.45) is 0 Å². The monoisotopic (exact) mass is 355 g/mol. The zero-order valence-electron chi connectivity index (χ0n) is 14.3. The van der Waals surface area contributed by atoms with Crippen molar-refractivity contribution in [1.29, 1.82) is 0 Å². The van der Waals surface area contributed by atoms with Gasteiger partial charge in [-0.3, -0.25) is 0 Å². The first-order valence-electron chi connectivity index (χ1n) is 8.49. The zero-order chi connectivity index (χ0) is 17.2. The van der Waals surface area contributed by atoms with E-state index in [0.717, 1.165) is 46.6 Å². The third kappa shape index (κ3) is 3.29. The number of piperidine rings is 1. The van der Waals surface area contributed by atoms with Gasteiger partial charge in [-0.15, -0.1) is 10.2 Å². The Bertz CT molecular complexity index is 887. The molecule has 1 aromatic carbocycles. The molecule has 0 N–H and O–H groups in total. The molecule has 1 saturated heterocycles. The molecular weight excluding hydrogens is 334 g/mol. The van der Waals surface area contributed by atoms with Crippen molar-refractivity contribution in [3.63, 3.8) is 0 Å². The molecule has 0 amide bonds. The number of likely N-dealkylation sites (N-methyl/N-ethyl adjacent to an activating group) is 1. The molecule has 1 aliphatic rings. The Kier molecular flexibility index (Phi) is 4.50. The topological polar surface area (TPSA) is 55.6 Å². The first kappa shape index (κ1) is 16.2. The van der Waals surface area contributed by atoms with Gasteiger partial charge in [-0.05, 0) is 38.6 Å². The molecule has 0 aliphatic carbocycles. The van der Waals surface area contributed by atoms with E-state index in [1.54, 1.807) is 17.4 Å². The van der Waals surface area contributed by atoms with E-state index in [1.165, 1.54) is 6.42 Å². The van der Waals surface area contributed by atoms with Gasteiger partial charge in [0.15, 0.2) is 5.82 Å². The van der Waals surface area contributed by atoms with Crippen LogP contribution in [0.1, 0.15) is 24.6 Å². The number of aromatic nitrogens is 4. The van der Waals surface area contributed by atoms with Crippen molar-refractivity contribution in [1.82, 2.24) is 24.7 Å². The molecule has 130 valence electrons. The molecule has 0 spiro atoms. The molecule has 1 unspecified atom stereocenters. The van der Waals surface area contributed by atoms with Crippen LogP contribution >= 0.6 is 11.3 Å². The van der Waals surface area contributed by atoms with E-state index in [9.17, 15) is 0 Å². The summed E-state index contributed by atoms with van der Waals surface area (Å²) in [5, 5.41) is 14.5. The predicted molar refractivity (Wildman–Crippen MR) is 99.3 cm³/mol. The van der Waals surface area contributed by atoms with E-state index in [0.29, 0.717) is 12.5 Å². The van der Waals surface area contributed by atoms with Crippen molar-refractivity contribution < 1.29 is 4.74 Å². The molecule has 6 nitrogen and oxygen atoms in total. The Balaban J connectivity index is 1.65. The van der Waals surface area contributed by atoms with Crippen LogP contribution in [0.3, 0.4) is 0 Å². The number of benzene rings is 1. The zero-order valence-corrected chi connectivity index (χ0v) is 15.1. The van der Waals surface area contributed by atoms with E-state index in [1.807, 2.05) is 28.8 Å². The van der Waals surface area contributed by atoms with Gasteiger partial charge in [-0.1, -0.05) is 36.1 Å². The lowest BCUT2D eigenvalue weighted by molar-refractivity contribution is 0.244. The number of hydrogen-bond acceptors (Lipinski definition) is 6. The summed E-state index contributed by atoms with van der Waals surface area (Å²) in [5.74, 6) is 2.19. The number of fused-ring (bicyclic) bond motifs is 1. The van der Waals surface area contributed by atoms with Gasteiger partial charge in [0, 0.05) is 18.0 Å². The average molecular weight is 355 g/mol. The molecule has 7 heteroatoms. The third-order valence-electron chi connectivity index (χ3n) is 4.45. The van der Waals surface area contributed by atoms with Gasteiger partial charge >= 0.3 is 0 Å². The second-order valence-corrected chi connectivity index (χ2v) is 7.34. The van der Waals surface area contributed by atoms with E-state index in [4.69, 9.17) is 9.84 Å². The van der Waals surface area contributed by atoms with E-state index >= 15 is 0 Å². The Morgan fingerprint density at radius 1 is 1.40 bits per heavy atom. The van der Waals surface area contributed by atoms with Crippen molar-refractivity contribution in [2.45, 2.75) is 18.8 Å². The first-order chi connectivity index (χ1) is 12.2. The molecule has 1 aliphatic heterocycles. The van der Waals surface area contributed by atoms with E-state index in [-0.39, 0.29) is 0 Å². The Hall–Kier alpha value is -2.25. The number of ether oxygens (including phenoxy) is 1. The molecule has 3 aromatic rings. The van der Waals surface area contributed by atoms with Gasteiger partial charge in [-0.2, -0.15) is 9.61 Å². The number of likely N-dealkylation sites (tertiary alicyclic amines) is 1. The van der Waals surface area contributed by atoms with Gasteiger partial charge in [0.2, 0.25) is 4.96 Å². The van der Waals surface area contributed by atoms with Crippen LogP contribution in [0.4, 0.5) is 0 Å². The SMILES string of the molecule is C=CCOc1cccc(-c2nn3c(C4CCCN(C)C4)nnc3s2)c1. The smallest absolute Gasteiger partial charge is 0.234 e. The van der Waals surface area contributed by atoms with E-state index < -0.39 is 0 Å². The maximum Gasteiger partial charge on any atom is 0.234 e. The second-order valence-electron chi connectivity index (χ2n) is 6.39. The molecule has 0 radical (unpaired) electrons. The van der Waals surface area contributed by atoms with Crippen molar-refractivity contribution in [3.05, 3.63) is 42.7 Å². The van der Waals surface area contributed by atoms with Crippen LogP contribution in [-0.4, -0.2) is 51.5 Å². The van der Waals surface area contributed by atoms with E-state index in [2.05, 4.69) is 28.7 Å². The predicted octanol–water partition coefficient (Wildman–Crippen LogP) is 3.23. The fourth-order valence-electron chi connectivity index (χ4n) is 3.25. The lowest BCUT2D eigenvalue weighted by Gasteiger charge is -2.28. The highest BCUT2D eigenvalue weighted by Crippen LogP contribution is 2.31. The number of nitrogens with zero attached hydrogens (tertiary/aromatic N) is 5. The molecule has 0 bridgehead atoms.